The zero-order valence-corrected chi connectivity index (χ0v) is 28.0. The highest BCUT2D eigenvalue weighted by Crippen LogP contribution is 2.34. The number of alkyl carbamates (subject to hydrolysis) is 1. The van der Waals surface area contributed by atoms with E-state index < -0.39 is 23.8 Å². The van der Waals surface area contributed by atoms with Gasteiger partial charge in [0.2, 0.25) is 5.91 Å². The maximum atomic E-state index is 14.6. The maximum Gasteiger partial charge on any atom is 0.408 e. The van der Waals surface area contributed by atoms with E-state index in [1.165, 1.54) is 0 Å². The molecular weight excluding hydrogens is 550 g/mol. The van der Waals surface area contributed by atoms with Crippen molar-refractivity contribution in [3.8, 4) is 0 Å². The highest BCUT2D eigenvalue weighted by atomic mass is 35.5. The molecule has 0 bridgehead atoms. The SMILES string of the molecule is Cc1cccc(C(C(=O)Nc2c(C)cccc2Cl)N(C(=O)C(NC(=O)OC(C)(C)C)C(C)C)C(C)CCC(C)C)c1C. The molecule has 2 aromatic carbocycles. The lowest BCUT2D eigenvalue weighted by atomic mass is 9.91. The van der Waals surface area contributed by atoms with E-state index >= 15 is 0 Å². The summed E-state index contributed by atoms with van der Waals surface area (Å²) in [6, 6.07) is 9.01. The van der Waals surface area contributed by atoms with Crippen molar-refractivity contribution in [3.05, 3.63) is 63.7 Å². The predicted octanol–water partition coefficient (Wildman–Crippen LogP) is 8.15. The molecule has 0 saturated carbocycles. The number of para-hydroxylation sites is 1. The summed E-state index contributed by atoms with van der Waals surface area (Å²) >= 11 is 6.52. The number of carbonyl (C=O) groups is 3. The van der Waals surface area contributed by atoms with Crippen molar-refractivity contribution in [1.82, 2.24) is 10.2 Å². The van der Waals surface area contributed by atoms with Gasteiger partial charge in [-0.2, -0.15) is 0 Å². The maximum absolute atomic E-state index is 14.6. The Morgan fingerprint density at radius 1 is 0.905 bits per heavy atom. The van der Waals surface area contributed by atoms with E-state index in [-0.39, 0.29) is 23.8 Å². The van der Waals surface area contributed by atoms with Crippen LogP contribution in [0.2, 0.25) is 5.02 Å². The van der Waals surface area contributed by atoms with E-state index in [0.29, 0.717) is 23.0 Å². The second-order valence-corrected chi connectivity index (χ2v) is 13.5. The Bertz CT molecular complexity index is 1230. The molecule has 0 saturated heterocycles. The number of amides is 3. The topological polar surface area (TPSA) is 87.7 Å². The molecule has 3 atom stereocenters. The summed E-state index contributed by atoms with van der Waals surface area (Å²) < 4.78 is 5.51. The molecule has 0 radical (unpaired) electrons. The molecule has 0 aliphatic heterocycles. The third kappa shape index (κ3) is 9.48. The van der Waals surface area contributed by atoms with Crippen LogP contribution in [0.4, 0.5) is 10.5 Å². The predicted molar refractivity (Wildman–Crippen MR) is 172 cm³/mol. The van der Waals surface area contributed by atoms with Gasteiger partial charge in [-0.05, 0) is 101 Å². The fraction of sp³-hybridized carbons (Fsp3) is 0.559. The summed E-state index contributed by atoms with van der Waals surface area (Å²) in [5, 5.41) is 6.27. The van der Waals surface area contributed by atoms with Crippen molar-refractivity contribution in [3.63, 3.8) is 0 Å². The fourth-order valence-electron chi connectivity index (χ4n) is 4.89. The number of rotatable bonds is 11. The van der Waals surface area contributed by atoms with E-state index in [2.05, 4.69) is 24.5 Å². The van der Waals surface area contributed by atoms with Gasteiger partial charge in [0.15, 0.2) is 0 Å². The van der Waals surface area contributed by atoms with Crippen LogP contribution >= 0.6 is 11.6 Å². The first-order valence-corrected chi connectivity index (χ1v) is 15.3. The number of benzene rings is 2. The van der Waals surface area contributed by atoms with Crippen LogP contribution in [0.1, 0.15) is 96.5 Å². The highest BCUT2D eigenvalue weighted by Gasteiger charge is 2.40. The zero-order valence-electron chi connectivity index (χ0n) is 27.2. The van der Waals surface area contributed by atoms with Gasteiger partial charge in [-0.1, -0.05) is 69.6 Å². The monoisotopic (exact) mass is 599 g/mol. The molecule has 0 aromatic heterocycles. The normalized spacial score (nSPS) is 13.9. The first kappa shape index (κ1) is 35.1. The van der Waals surface area contributed by atoms with Crippen molar-refractivity contribution in [2.45, 2.75) is 113 Å². The summed E-state index contributed by atoms with van der Waals surface area (Å²) in [6.45, 7) is 21.1. The Morgan fingerprint density at radius 3 is 2.05 bits per heavy atom. The number of carbonyl (C=O) groups excluding carboxylic acids is 3. The Balaban J connectivity index is 2.72. The first-order chi connectivity index (χ1) is 19.4. The van der Waals surface area contributed by atoms with Crippen LogP contribution < -0.4 is 10.6 Å². The van der Waals surface area contributed by atoms with Crippen molar-refractivity contribution >= 4 is 35.2 Å². The Morgan fingerprint density at radius 2 is 1.50 bits per heavy atom. The Kier molecular flexibility index (Phi) is 12.5. The molecule has 3 amide bonds. The highest BCUT2D eigenvalue weighted by molar-refractivity contribution is 6.34. The number of ether oxygens (including phenoxy) is 1. The van der Waals surface area contributed by atoms with E-state index in [1.807, 2.05) is 71.9 Å². The van der Waals surface area contributed by atoms with Gasteiger partial charge < -0.3 is 20.3 Å². The average Bonchev–Trinajstić information content (AvgIpc) is 2.87. The van der Waals surface area contributed by atoms with E-state index in [4.69, 9.17) is 16.3 Å². The molecule has 0 aliphatic carbocycles. The molecule has 0 aliphatic rings. The summed E-state index contributed by atoms with van der Waals surface area (Å²) in [5.41, 5.74) is 3.24. The van der Waals surface area contributed by atoms with Gasteiger partial charge in [0.25, 0.3) is 5.91 Å². The van der Waals surface area contributed by atoms with Crippen molar-refractivity contribution in [2.24, 2.45) is 11.8 Å². The van der Waals surface area contributed by atoms with Crippen LogP contribution in [0.15, 0.2) is 36.4 Å². The molecule has 2 N–H and O–H groups in total. The van der Waals surface area contributed by atoms with Crippen LogP contribution in [0.3, 0.4) is 0 Å². The van der Waals surface area contributed by atoms with Crippen molar-refractivity contribution in [1.29, 1.82) is 0 Å². The number of hydrogen-bond acceptors (Lipinski definition) is 4. The zero-order chi connectivity index (χ0) is 31.9. The lowest BCUT2D eigenvalue weighted by Crippen LogP contribution is -2.56. The second-order valence-electron chi connectivity index (χ2n) is 13.0. The van der Waals surface area contributed by atoms with Crippen LogP contribution in [0.25, 0.3) is 0 Å². The third-order valence-corrected chi connectivity index (χ3v) is 7.75. The quantitative estimate of drug-likeness (QED) is 0.273. The fourth-order valence-corrected chi connectivity index (χ4v) is 5.16. The van der Waals surface area contributed by atoms with Gasteiger partial charge in [0.1, 0.15) is 17.7 Å². The largest absolute Gasteiger partial charge is 0.444 e. The lowest BCUT2D eigenvalue weighted by molar-refractivity contribution is -0.144. The van der Waals surface area contributed by atoms with Gasteiger partial charge in [0, 0.05) is 6.04 Å². The molecule has 2 rings (SSSR count). The molecule has 0 heterocycles. The van der Waals surface area contributed by atoms with Crippen LogP contribution in [0, 0.1) is 32.6 Å². The first-order valence-electron chi connectivity index (χ1n) is 14.9. The molecule has 3 unspecified atom stereocenters. The number of hydrogen-bond donors (Lipinski definition) is 2. The summed E-state index contributed by atoms with van der Waals surface area (Å²) in [5.74, 6) is -0.574. The minimum Gasteiger partial charge on any atom is -0.444 e. The number of anilines is 1. The molecule has 7 nitrogen and oxygen atoms in total. The number of nitrogens with one attached hydrogen (secondary N) is 2. The number of halogens is 1. The Labute approximate surface area is 257 Å². The molecule has 2 aromatic rings. The molecule has 0 fully saturated rings. The number of aryl methyl sites for hydroxylation is 2. The van der Waals surface area contributed by atoms with Crippen molar-refractivity contribution < 1.29 is 19.1 Å². The molecular formula is C34H50ClN3O4. The molecule has 0 spiro atoms. The van der Waals surface area contributed by atoms with E-state index in [1.54, 1.807) is 31.7 Å². The van der Waals surface area contributed by atoms with Crippen molar-refractivity contribution in [2.75, 3.05) is 5.32 Å². The summed E-state index contributed by atoms with van der Waals surface area (Å²) in [6.07, 6.45) is 0.867. The van der Waals surface area contributed by atoms with Crippen LogP contribution in [-0.2, 0) is 14.3 Å². The summed E-state index contributed by atoms with van der Waals surface area (Å²) in [4.78, 5) is 43.6. The standard InChI is InChI=1S/C34H50ClN3O4/c1-20(2)18-19-24(7)38(32(40)28(21(3)4)37-33(41)42-34(9,10)11)30(26-16-12-14-22(5)25(26)8)31(39)36-29-23(6)15-13-17-27(29)35/h12-17,20-21,24,28,30H,18-19H2,1-11H3,(H,36,39)(H,37,41). The van der Waals surface area contributed by atoms with Gasteiger partial charge in [-0.25, -0.2) is 4.79 Å². The third-order valence-electron chi connectivity index (χ3n) is 7.43. The average molecular weight is 600 g/mol. The summed E-state index contributed by atoms with van der Waals surface area (Å²) in [7, 11) is 0. The van der Waals surface area contributed by atoms with Gasteiger partial charge in [-0.15, -0.1) is 0 Å². The molecule has 8 heteroatoms. The van der Waals surface area contributed by atoms with E-state index in [0.717, 1.165) is 28.7 Å². The van der Waals surface area contributed by atoms with Crippen LogP contribution in [-0.4, -0.2) is 40.5 Å². The minimum absolute atomic E-state index is 0.266. The van der Waals surface area contributed by atoms with Crippen LogP contribution in [0.5, 0.6) is 0 Å². The molecule has 42 heavy (non-hydrogen) atoms. The van der Waals surface area contributed by atoms with Gasteiger partial charge in [0.05, 0.1) is 10.7 Å². The van der Waals surface area contributed by atoms with E-state index in [9.17, 15) is 14.4 Å². The molecule has 232 valence electrons. The Hall–Kier alpha value is -3.06. The minimum atomic E-state index is -0.975. The lowest BCUT2D eigenvalue weighted by Gasteiger charge is -2.40. The van der Waals surface area contributed by atoms with Gasteiger partial charge >= 0.3 is 6.09 Å². The second kappa shape index (κ2) is 14.9. The number of nitrogens with zero attached hydrogens (tertiary/aromatic N) is 1. The smallest absolute Gasteiger partial charge is 0.408 e. The van der Waals surface area contributed by atoms with Gasteiger partial charge in [-0.3, -0.25) is 9.59 Å².